The highest BCUT2D eigenvalue weighted by molar-refractivity contribution is 6.30. The Morgan fingerprint density at radius 1 is 1.26 bits per heavy atom. The van der Waals surface area contributed by atoms with Crippen LogP contribution in [0.3, 0.4) is 0 Å². The van der Waals surface area contributed by atoms with Crippen molar-refractivity contribution in [1.29, 1.82) is 0 Å². The zero-order valence-corrected chi connectivity index (χ0v) is 15.9. The van der Waals surface area contributed by atoms with Gasteiger partial charge >= 0.3 is 0 Å². The van der Waals surface area contributed by atoms with Gasteiger partial charge in [-0.1, -0.05) is 11.6 Å². The van der Waals surface area contributed by atoms with Crippen LogP contribution in [0.5, 0.6) is 0 Å². The third-order valence-electron chi connectivity index (χ3n) is 4.18. The van der Waals surface area contributed by atoms with Crippen molar-refractivity contribution in [3.8, 4) is 22.5 Å². The summed E-state index contributed by atoms with van der Waals surface area (Å²) >= 11 is 5.94. The average Bonchev–Trinajstić information content (AvgIpc) is 3.17. The zero-order valence-electron chi connectivity index (χ0n) is 15.2. The number of halogens is 1. The van der Waals surface area contributed by atoms with Crippen molar-refractivity contribution in [2.45, 2.75) is 26.4 Å². The standard InChI is InChI=1S/C20H21ClN4O2/c1-3-25-19(6-7-23-25)15-8-14(18-5-4-17(21)11-22-18)9-16(10-15)20(27)24-13(2)12-26/h4-11,13,26H,3,12H2,1-2H3,(H,24,27). The van der Waals surface area contributed by atoms with Crippen molar-refractivity contribution < 1.29 is 9.90 Å². The molecule has 0 radical (unpaired) electrons. The normalized spacial score (nSPS) is 12.0. The van der Waals surface area contributed by atoms with Crippen molar-refractivity contribution in [1.82, 2.24) is 20.1 Å². The van der Waals surface area contributed by atoms with Crippen LogP contribution >= 0.6 is 11.6 Å². The minimum atomic E-state index is -0.334. The van der Waals surface area contributed by atoms with Crippen LogP contribution in [0.2, 0.25) is 5.02 Å². The number of nitrogens with zero attached hydrogens (tertiary/aromatic N) is 3. The second-order valence-corrected chi connectivity index (χ2v) is 6.69. The van der Waals surface area contributed by atoms with E-state index >= 15 is 0 Å². The molecule has 3 rings (SSSR count). The lowest BCUT2D eigenvalue weighted by molar-refractivity contribution is 0.0922. The highest BCUT2D eigenvalue weighted by atomic mass is 35.5. The van der Waals surface area contributed by atoms with Crippen LogP contribution in [0.25, 0.3) is 22.5 Å². The lowest BCUT2D eigenvalue weighted by Crippen LogP contribution is -2.35. The molecule has 0 spiro atoms. The molecule has 1 amide bonds. The Hall–Kier alpha value is -2.70. The third kappa shape index (κ3) is 4.35. The predicted octanol–water partition coefficient (Wildman–Crippen LogP) is 3.40. The summed E-state index contributed by atoms with van der Waals surface area (Å²) in [4.78, 5) is 17.0. The Morgan fingerprint density at radius 2 is 2.04 bits per heavy atom. The summed E-state index contributed by atoms with van der Waals surface area (Å²) in [5.74, 6) is -0.254. The first-order chi connectivity index (χ1) is 13.0. The van der Waals surface area contributed by atoms with E-state index < -0.39 is 0 Å². The quantitative estimate of drug-likeness (QED) is 0.682. The molecule has 0 aliphatic carbocycles. The number of aromatic nitrogens is 3. The Balaban J connectivity index is 2.10. The van der Waals surface area contributed by atoms with Crippen LogP contribution in [-0.4, -0.2) is 38.4 Å². The Kier molecular flexibility index (Phi) is 5.88. The van der Waals surface area contributed by atoms with E-state index in [0.29, 0.717) is 16.3 Å². The highest BCUT2D eigenvalue weighted by Gasteiger charge is 2.15. The molecule has 0 bridgehead atoms. The molecule has 0 aliphatic heterocycles. The number of hydrogen-bond acceptors (Lipinski definition) is 4. The molecular weight excluding hydrogens is 364 g/mol. The Morgan fingerprint density at radius 3 is 2.70 bits per heavy atom. The number of aliphatic hydroxyl groups is 1. The summed E-state index contributed by atoms with van der Waals surface area (Å²) < 4.78 is 1.87. The maximum atomic E-state index is 12.6. The molecule has 0 saturated carbocycles. The zero-order chi connectivity index (χ0) is 19.4. The van der Waals surface area contributed by atoms with Gasteiger partial charge < -0.3 is 10.4 Å². The van der Waals surface area contributed by atoms with E-state index in [-0.39, 0.29) is 18.6 Å². The molecule has 2 N–H and O–H groups in total. The SMILES string of the molecule is CCn1nccc1-c1cc(C(=O)NC(C)CO)cc(-c2ccc(Cl)cn2)c1. The van der Waals surface area contributed by atoms with E-state index in [0.717, 1.165) is 23.4 Å². The molecular formula is C20H21ClN4O2. The number of aliphatic hydroxyl groups excluding tert-OH is 1. The van der Waals surface area contributed by atoms with Crippen molar-refractivity contribution >= 4 is 17.5 Å². The molecule has 1 unspecified atom stereocenters. The van der Waals surface area contributed by atoms with E-state index in [4.69, 9.17) is 11.6 Å². The summed E-state index contributed by atoms with van der Waals surface area (Å²) in [5.41, 5.74) is 3.79. The minimum Gasteiger partial charge on any atom is -0.394 e. The second kappa shape index (κ2) is 8.33. The summed E-state index contributed by atoms with van der Waals surface area (Å²) in [5, 5.41) is 16.9. The van der Waals surface area contributed by atoms with Gasteiger partial charge in [-0.3, -0.25) is 14.5 Å². The van der Waals surface area contributed by atoms with Crippen LogP contribution in [0.4, 0.5) is 0 Å². The van der Waals surface area contributed by atoms with Crippen LogP contribution in [0.15, 0.2) is 48.8 Å². The fourth-order valence-corrected chi connectivity index (χ4v) is 2.90. The molecule has 0 aliphatic rings. The van der Waals surface area contributed by atoms with Crippen LogP contribution in [0, 0.1) is 0 Å². The van der Waals surface area contributed by atoms with Gasteiger partial charge in [0.1, 0.15) is 0 Å². The van der Waals surface area contributed by atoms with Gasteiger partial charge in [-0.15, -0.1) is 0 Å². The van der Waals surface area contributed by atoms with E-state index in [1.165, 1.54) is 0 Å². The summed E-state index contributed by atoms with van der Waals surface area (Å²) in [6.45, 7) is 4.35. The molecule has 0 fully saturated rings. The van der Waals surface area contributed by atoms with Crippen molar-refractivity contribution in [3.63, 3.8) is 0 Å². The van der Waals surface area contributed by atoms with Crippen LogP contribution in [0.1, 0.15) is 24.2 Å². The lowest BCUT2D eigenvalue weighted by Gasteiger charge is -2.14. The third-order valence-corrected chi connectivity index (χ3v) is 4.41. The maximum Gasteiger partial charge on any atom is 0.251 e. The molecule has 140 valence electrons. The van der Waals surface area contributed by atoms with Crippen molar-refractivity contribution in [3.05, 3.63) is 59.4 Å². The van der Waals surface area contributed by atoms with E-state index in [1.807, 2.05) is 35.9 Å². The number of amides is 1. The van der Waals surface area contributed by atoms with Gasteiger partial charge in [0.05, 0.1) is 23.0 Å². The molecule has 1 atom stereocenters. The lowest BCUT2D eigenvalue weighted by atomic mass is 10.0. The average molecular weight is 385 g/mol. The number of carbonyl (C=O) groups excluding carboxylic acids is 1. The molecule has 0 saturated heterocycles. The highest BCUT2D eigenvalue weighted by Crippen LogP contribution is 2.28. The largest absolute Gasteiger partial charge is 0.394 e. The first-order valence-electron chi connectivity index (χ1n) is 8.72. The van der Waals surface area contributed by atoms with E-state index in [2.05, 4.69) is 15.4 Å². The fraction of sp³-hybridized carbons (Fsp3) is 0.250. The van der Waals surface area contributed by atoms with Gasteiger partial charge in [0, 0.05) is 41.7 Å². The van der Waals surface area contributed by atoms with Crippen molar-refractivity contribution in [2.75, 3.05) is 6.61 Å². The molecule has 3 aromatic rings. The number of carbonyl (C=O) groups is 1. The molecule has 2 aromatic heterocycles. The monoisotopic (exact) mass is 384 g/mol. The molecule has 27 heavy (non-hydrogen) atoms. The van der Waals surface area contributed by atoms with Gasteiger partial charge in [0.25, 0.3) is 5.91 Å². The number of nitrogens with one attached hydrogen (secondary N) is 1. The first kappa shape index (κ1) is 19.1. The predicted molar refractivity (Wildman–Crippen MR) is 106 cm³/mol. The van der Waals surface area contributed by atoms with Gasteiger partial charge in [0.15, 0.2) is 0 Å². The number of aryl methyl sites for hydroxylation is 1. The van der Waals surface area contributed by atoms with Crippen LogP contribution < -0.4 is 5.32 Å². The van der Waals surface area contributed by atoms with Crippen molar-refractivity contribution in [2.24, 2.45) is 0 Å². The number of hydrogen-bond donors (Lipinski definition) is 2. The smallest absolute Gasteiger partial charge is 0.251 e. The number of benzene rings is 1. The first-order valence-corrected chi connectivity index (χ1v) is 9.10. The van der Waals surface area contributed by atoms with Gasteiger partial charge in [0.2, 0.25) is 0 Å². The summed E-state index contributed by atoms with van der Waals surface area (Å²) in [6, 6.07) is 10.7. The topological polar surface area (TPSA) is 80.0 Å². The molecule has 7 heteroatoms. The minimum absolute atomic E-state index is 0.125. The molecule has 6 nitrogen and oxygen atoms in total. The van der Waals surface area contributed by atoms with Crippen LogP contribution in [-0.2, 0) is 6.54 Å². The second-order valence-electron chi connectivity index (χ2n) is 6.25. The number of rotatable bonds is 6. The Bertz CT molecular complexity index is 937. The summed E-state index contributed by atoms with van der Waals surface area (Å²) in [6.07, 6.45) is 3.31. The van der Waals surface area contributed by atoms with E-state index in [9.17, 15) is 9.90 Å². The molecule has 2 heterocycles. The van der Waals surface area contributed by atoms with Gasteiger partial charge in [-0.2, -0.15) is 5.10 Å². The maximum absolute atomic E-state index is 12.6. The van der Waals surface area contributed by atoms with E-state index in [1.54, 1.807) is 31.5 Å². The fourth-order valence-electron chi connectivity index (χ4n) is 2.78. The van der Waals surface area contributed by atoms with Gasteiger partial charge in [-0.05, 0) is 50.2 Å². The number of pyridine rings is 1. The Labute approximate surface area is 162 Å². The molecule has 1 aromatic carbocycles. The summed E-state index contributed by atoms with van der Waals surface area (Å²) in [7, 11) is 0. The van der Waals surface area contributed by atoms with Gasteiger partial charge in [-0.25, -0.2) is 0 Å².